The van der Waals surface area contributed by atoms with E-state index in [-0.39, 0.29) is 52.6 Å². The Morgan fingerprint density at radius 1 is 0.750 bits per heavy atom. The van der Waals surface area contributed by atoms with Crippen LogP contribution in [0, 0.1) is 11.8 Å². The van der Waals surface area contributed by atoms with E-state index in [1.54, 1.807) is 7.05 Å². The summed E-state index contributed by atoms with van der Waals surface area (Å²) in [4.78, 5) is 72.0. The van der Waals surface area contributed by atoms with Crippen LogP contribution in [0.3, 0.4) is 0 Å². The highest BCUT2D eigenvalue weighted by molar-refractivity contribution is 5.88. The molecule has 0 unspecified atom stereocenters. The molecule has 1 aromatic carbocycles. The van der Waals surface area contributed by atoms with E-state index >= 15 is 0 Å². The number of likely N-dealkylation sites (tertiary alicyclic amines) is 2. The van der Waals surface area contributed by atoms with Crippen molar-refractivity contribution in [3.8, 4) is 11.3 Å². The highest BCUT2D eigenvalue weighted by atomic mass is 16.5. The maximum atomic E-state index is 13.7. The van der Waals surface area contributed by atoms with E-state index < -0.39 is 18.2 Å². The Morgan fingerprint density at radius 3 is 1.80 bits per heavy atom. The lowest BCUT2D eigenvalue weighted by Crippen LogP contribution is -2.53. The summed E-state index contributed by atoms with van der Waals surface area (Å²) in [7, 11) is 2.86. The number of aromatic nitrogens is 4. The zero-order valence-electron chi connectivity index (χ0n) is 33.7. The number of carbonyl (C=O) groups excluding carboxylic acids is 4. The monoisotopic (exact) mass is 769 g/mol. The number of carbonyl (C=O) groups is 4. The average molecular weight is 770 g/mol. The summed E-state index contributed by atoms with van der Waals surface area (Å²) in [6, 6.07) is 7.03. The molecule has 14 heteroatoms. The fourth-order valence-corrected chi connectivity index (χ4v) is 9.87. The van der Waals surface area contributed by atoms with Crippen LogP contribution < -0.4 is 16.0 Å². The van der Waals surface area contributed by atoms with Crippen LogP contribution >= 0.6 is 0 Å². The van der Waals surface area contributed by atoms with Crippen LogP contribution in [0.5, 0.6) is 0 Å². The molecule has 56 heavy (non-hydrogen) atoms. The number of H-pyrrole nitrogens is 2. The molecule has 3 aromatic rings. The quantitative estimate of drug-likeness (QED) is 0.159. The summed E-state index contributed by atoms with van der Waals surface area (Å²) in [6.45, 7) is 9.02. The van der Waals surface area contributed by atoms with Crippen molar-refractivity contribution >= 4 is 23.9 Å². The number of imidazole rings is 2. The Labute approximate surface area is 329 Å². The third-order valence-corrected chi connectivity index (χ3v) is 13.4. The highest BCUT2D eigenvalue weighted by Gasteiger charge is 2.51. The molecule has 2 bridgehead atoms. The molecule has 14 nitrogen and oxygen atoms in total. The van der Waals surface area contributed by atoms with Gasteiger partial charge in [-0.05, 0) is 92.6 Å². The topological polar surface area (TPSA) is 177 Å². The van der Waals surface area contributed by atoms with E-state index in [9.17, 15) is 19.2 Å². The molecule has 5 amide bonds. The number of aromatic amines is 2. The Hall–Kier alpha value is -4.88. The summed E-state index contributed by atoms with van der Waals surface area (Å²) in [5, 5.41) is 8.12. The Kier molecular flexibility index (Phi) is 11.2. The van der Waals surface area contributed by atoms with Gasteiger partial charge in [0.25, 0.3) is 0 Å². The molecule has 2 saturated heterocycles. The lowest BCUT2D eigenvalue weighted by Gasteiger charge is -2.53. The Bertz CT molecular complexity index is 1880. The number of hydrogen-bond acceptors (Lipinski definition) is 7. The van der Waals surface area contributed by atoms with Gasteiger partial charge in [-0.15, -0.1) is 0 Å². The van der Waals surface area contributed by atoms with Gasteiger partial charge in [0.2, 0.25) is 11.8 Å². The van der Waals surface area contributed by atoms with Crippen LogP contribution in [0.2, 0.25) is 0 Å². The second-order valence-electron chi connectivity index (χ2n) is 17.2. The van der Waals surface area contributed by atoms with Crippen molar-refractivity contribution in [1.82, 2.24) is 45.7 Å². The fourth-order valence-electron chi connectivity index (χ4n) is 9.87. The minimum Gasteiger partial charge on any atom is -0.453 e. The van der Waals surface area contributed by atoms with E-state index in [0.717, 1.165) is 87.1 Å². The fraction of sp³-hybridized carbons (Fsp3) is 0.619. The Morgan fingerprint density at radius 2 is 1.27 bits per heavy atom. The van der Waals surface area contributed by atoms with Gasteiger partial charge in [0.05, 0.1) is 31.1 Å². The van der Waals surface area contributed by atoms with Crippen LogP contribution in [-0.4, -0.2) is 93.0 Å². The molecule has 2 aromatic heterocycles. The summed E-state index contributed by atoms with van der Waals surface area (Å²) < 4.78 is 4.80. The maximum Gasteiger partial charge on any atom is 0.407 e. The number of nitrogens with zero attached hydrogens (tertiary/aromatic N) is 4. The number of nitrogens with one attached hydrogen (secondary N) is 5. The molecule has 2 aliphatic heterocycles. The number of benzene rings is 1. The number of alkyl carbamates (subject to hydrolysis) is 1. The molecule has 5 aliphatic rings. The molecule has 0 radical (unpaired) electrons. The largest absolute Gasteiger partial charge is 0.453 e. The molecule has 4 heterocycles. The zero-order valence-corrected chi connectivity index (χ0v) is 33.7. The summed E-state index contributed by atoms with van der Waals surface area (Å²) in [6.07, 6.45) is 13.3. The zero-order chi connectivity index (χ0) is 39.8. The number of methoxy groups -OCH3 is 1. The predicted octanol–water partition coefficient (Wildman–Crippen LogP) is 6.00. The predicted molar refractivity (Wildman–Crippen MR) is 211 cm³/mol. The van der Waals surface area contributed by atoms with Gasteiger partial charge in [-0.3, -0.25) is 9.59 Å². The molecule has 0 spiro atoms. The maximum absolute atomic E-state index is 13.7. The number of ether oxygens (including phenoxy) is 1. The molecule has 302 valence electrons. The van der Waals surface area contributed by atoms with Crippen LogP contribution in [-0.2, 0) is 25.2 Å². The Balaban J connectivity index is 0.994. The lowest BCUT2D eigenvalue weighted by atomic mass is 9.51. The van der Waals surface area contributed by atoms with Crippen LogP contribution in [0.4, 0.5) is 9.59 Å². The summed E-state index contributed by atoms with van der Waals surface area (Å²) in [5.74, 6) is 1.31. The molecule has 5 fully saturated rings. The van der Waals surface area contributed by atoms with E-state index in [0.29, 0.717) is 13.1 Å². The van der Waals surface area contributed by atoms with E-state index in [2.05, 4.69) is 50.2 Å². The van der Waals surface area contributed by atoms with Crippen LogP contribution in [0.1, 0.15) is 127 Å². The van der Waals surface area contributed by atoms with Gasteiger partial charge in [0.15, 0.2) is 0 Å². The van der Waals surface area contributed by atoms with E-state index in [1.807, 2.05) is 49.9 Å². The molecule has 4 atom stereocenters. The van der Waals surface area contributed by atoms with Gasteiger partial charge in [-0.1, -0.05) is 52.0 Å². The highest BCUT2D eigenvalue weighted by Crippen LogP contribution is 2.58. The summed E-state index contributed by atoms with van der Waals surface area (Å²) >= 11 is 0. The van der Waals surface area contributed by atoms with Gasteiger partial charge >= 0.3 is 12.1 Å². The standard InChI is InChI=1S/C42H59N9O5/c1-25(2)33(48-39(54)43-5)37(52)50-21-7-9-30(50)35-44-23-29(46-35)27-11-13-28(14-12-27)41-15-18-42(19-16-41,20-17-41)32-24-45-36(47-32)31-10-8-22-51(31)38(53)34(26(3)4)49-40(55)56-6/h11-14,23-26,30-31,33-34H,7-10,15-22H2,1-6H3,(H,44,46)(H,45,47)(H,49,55)(H2,43,48,54)/t30-,31-,33-,34-,41?,42?/m0/s1. The second-order valence-corrected chi connectivity index (χ2v) is 17.2. The third kappa shape index (κ3) is 7.38. The smallest absolute Gasteiger partial charge is 0.407 e. The first-order chi connectivity index (χ1) is 26.9. The van der Waals surface area contributed by atoms with Crippen molar-refractivity contribution in [3.63, 3.8) is 0 Å². The van der Waals surface area contributed by atoms with Crippen molar-refractivity contribution in [2.75, 3.05) is 27.2 Å². The minimum absolute atomic E-state index is 0.0521. The van der Waals surface area contributed by atoms with Crippen molar-refractivity contribution in [3.05, 3.63) is 59.6 Å². The first-order valence-corrected chi connectivity index (χ1v) is 20.5. The van der Waals surface area contributed by atoms with Gasteiger partial charge in [-0.2, -0.15) is 0 Å². The SMILES string of the molecule is CNC(=O)N[C@H](C(=O)N1CCC[C@H]1c1ncc(-c2ccc(C34CCC(c5cnc([C@@H]6CCCN6C(=O)[C@@H](NC(=O)OC)C(C)C)[nH]5)(CC3)CC4)cc2)[nH]1)C(C)C. The minimum atomic E-state index is -0.657. The van der Waals surface area contributed by atoms with Crippen molar-refractivity contribution in [2.24, 2.45) is 11.8 Å². The normalized spacial score (nSPS) is 25.7. The molecular formula is C42H59N9O5. The average Bonchev–Trinajstić information content (AvgIpc) is 4.06. The van der Waals surface area contributed by atoms with Gasteiger partial charge < -0.3 is 40.5 Å². The number of urea groups is 1. The first-order valence-electron chi connectivity index (χ1n) is 20.5. The number of rotatable bonds is 11. The van der Waals surface area contributed by atoms with Crippen molar-refractivity contribution in [1.29, 1.82) is 0 Å². The van der Waals surface area contributed by atoms with Gasteiger partial charge in [0.1, 0.15) is 23.7 Å². The first kappa shape index (κ1) is 39.4. The van der Waals surface area contributed by atoms with E-state index in [4.69, 9.17) is 14.7 Å². The molecule has 3 aliphatic carbocycles. The van der Waals surface area contributed by atoms with Crippen LogP contribution in [0.25, 0.3) is 11.3 Å². The summed E-state index contributed by atoms with van der Waals surface area (Å²) in [5.41, 5.74) is 4.76. The van der Waals surface area contributed by atoms with Gasteiger partial charge in [-0.25, -0.2) is 19.6 Å². The van der Waals surface area contributed by atoms with Crippen molar-refractivity contribution in [2.45, 2.75) is 127 Å². The second kappa shape index (κ2) is 15.9. The number of hydrogen-bond donors (Lipinski definition) is 5. The number of amides is 5. The molecule has 5 N–H and O–H groups in total. The molecular weight excluding hydrogens is 711 g/mol. The van der Waals surface area contributed by atoms with Crippen LogP contribution in [0.15, 0.2) is 36.7 Å². The third-order valence-electron chi connectivity index (χ3n) is 13.4. The lowest BCUT2D eigenvalue weighted by molar-refractivity contribution is -0.136. The van der Waals surface area contributed by atoms with E-state index in [1.165, 1.54) is 18.4 Å². The van der Waals surface area contributed by atoms with Gasteiger partial charge in [0, 0.05) is 37.4 Å². The number of fused-ring (bicyclic) bond motifs is 3. The molecule has 8 rings (SSSR count). The van der Waals surface area contributed by atoms with Crippen molar-refractivity contribution < 1.29 is 23.9 Å². The molecule has 3 saturated carbocycles.